The first-order chi connectivity index (χ1) is 14.9. The molecule has 0 saturated heterocycles. The predicted molar refractivity (Wildman–Crippen MR) is 110 cm³/mol. The van der Waals surface area contributed by atoms with E-state index in [0.717, 1.165) is 28.8 Å². The average molecular weight is 451 g/mol. The number of ether oxygens (including phenoxy) is 1. The molecule has 0 aliphatic carbocycles. The smallest absolute Gasteiger partial charge is 0.408 e. The zero-order valence-corrected chi connectivity index (χ0v) is 17.8. The molecule has 0 saturated carbocycles. The van der Waals surface area contributed by atoms with Crippen molar-refractivity contribution in [2.75, 3.05) is 0 Å². The number of carbonyl (C=O) groups is 1. The van der Waals surface area contributed by atoms with Crippen LogP contribution in [0.15, 0.2) is 35.1 Å². The molecule has 0 aliphatic rings. The molecule has 0 fully saturated rings. The zero-order chi connectivity index (χ0) is 23.8. The molecule has 1 heterocycles. The van der Waals surface area contributed by atoms with Gasteiger partial charge < -0.3 is 10.1 Å². The van der Waals surface area contributed by atoms with Crippen molar-refractivity contribution in [2.45, 2.75) is 45.8 Å². The van der Waals surface area contributed by atoms with Gasteiger partial charge in [-0.05, 0) is 51.5 Å². The van der Waals surface area contributed by atoms with Gasteiger partial charge in [-0.3, -0.25) is 9.36 Å². The van der Waals surface area contributed by atoms with E-state index in [1.165, 1.54) is 0 Å². The minimum Gasteiger partial charge on any atom is -0.444 e. The van der Waals surface area contributed by atoms with Gasteiger partial charge in [0.25, 0.3) is 5.56 Å². The molecule has 2 aromatic carbocycles. The fraction of sp³-hybridized carbons (Fsp3) is 0.318. The van der Waals surface area contributed by atoms with Gasteiger partial charge in [-0.2, -0.15) is 0 Å². The number of hydrogen-bond acceptors (Lipinski definition) is 4. The predicted octanol–water partition coefficient (Wildman–Crippen LogP) is 4.92. The van der Waals surface area contributed by atoms with E-state index in [0.29, 0.717) is 6.07 Å². The highest BCUT2D eigenvalue weighted by molar-refractivity contribution is 5.79. The molecule has 1 atom stereocenters. The van der Waals surface area contributed by atoms with E-state index >= 15 is 0 Å². The van der Waals surface area contributed by atoms with E-state index < -0.39 is 52.0 Å². The summed E-state index contributed by atoms with van der Waals surface area (Å²) in [7, 11) is 0. The number of alkyl carbamates (subject to hydrolysis) is 1. The lowest BCUT2D eigenvalue weighted by atomic mass is 10.1. The quantitative estimate of drug-likeness (QED) is 0.572. The summed E-state index contributed by atoms with van der Waals surface area (Å²) < 4.78 is 62.1. The van der Waals surface area contributed by atoms with Crippen LogP contribution < -0.4 is 10.9 Å². The highest BCUT2D eigenvalue weighted by Gasteiger charge is 2.26. The molecule has 0 bridgehead atoms. The maximum absolute atomic E-state index is 14.5. The van der Waals surface area contributed by atoms with Gasteiger partial charge in [-0.25, -0.2) is 27.3 Å². The summed E-state index contributed by atoms with van der Waals surface area (Å²) in [6.45, 7) is 6.64. The summed E-state index contributed by atoms with van der Waals surface area (Å²) in [4.78, 5) is 29.8. The second-order valence-electron chi connectivity index (χ2n) is 8.10. The van der Waals surface area contributed by atoms with Gasteiger partial charge in [0.15, 0.2) is 11.6 Å². The minimum absolute atomic E-state index is 0.133. The molecule has 6 nitrogen and oxygen atoms in total. The van der Waals surface area contributed by atoms with E-state index in [9.17, 15) is 27.2 Å². The Morgan fingerprint density at radius 3 is 2.31 bits per heavy atom. The Kier molecular flexibility index (Phi) is 6.25. The highest BCUT2D eigenvalue weighted by Crippen LogP contribution is 2.24. The number of nitrogens with one attached hydrogen (secondary N) is 1. The Labute approximate surface area is 180 Å². The molecule has 1 unspecified atom stereocenters. The average Bonchev–Trinajstić information content (AvgIpc) is 2.66. The summed E-state index contributed by atoms with van der Waals surface area (Å²) in [5, 5.41) is 1.87. The molecule has 0 spiro atoms. The number of fused-ring (bicyclic) bond motifs is 1. The van der Waals surface area contributed by atoms with Crippen molar-refractivity contribution in [3.63, 3.8) is 0 Å². The number of amides is 1. The normalized spacial score (nSPS) is 12.6. The van der Waals surface area contributed by atoms with Crippen LogP contribution in [0, 0.1) is 23.3 Å². The number of halogens is 4. The van der Waals surface area contributed by atoms with Gasteiger partial charge in [0, 0.05) is 6.07 Å². The highest BCUT2D eigenvalue weighted by atomic mass is 19.2. The first-order valence-electron chi connectivity index (χ1n) is 9.78. The Morgan fingerprint density at radius 1 is 1.12 bits per heavy atom. The number of hydrogen-bond donors (Lipinski definition) is 1. The maximum atomic E-state index is 14.5. The number of rotatable bonds is 4. The second-order valence-corrected chi connectivity index (χ2v) is 8.10. The molecule has 3 rings (SSSR count). The van der Waals surface area contributed by atoms with E-state index in [-0.39, 0.29) is 23.4 Å². The van der Waals surface area contributed by atoms with Gasteiger partial charge in [-0.15, -0.1) is 0 Å². The minimum atomic E-state index is -1.44. The first-order valence-corrected chi connectivity index (χ1v) is 9.78. The molecule has 3 aromatic rings. The van der Waals surface area contributed by atoms with Crippen LogP contribution in [0.1, 0.15) is 46.0 Å². The van der Waals surface area contributed by atoms with Crippen LogP contribution in [-0.4, -0.2) is 21.2 Å². The lowest BCUT2D eigenvalue weighted by Gasteiger charge is -2.24. The molecule has 1 N–H and O–H groups in total. The second kappa shape index (κ2) is 8.60. The number of carbonyl (C=O) groups excluding carboxylic acids is 1. The largest absolute Gasteiger partial charge is 0.444 e. The first kappa shape index (κ1) is 23.2. The standard InChI is InChI=1S/C22H21F4N3O3/c1-5-15(28-21(31)32-22(2,3)4)19-27-16-7-6-14(25)18(26)17(16)20(30)29(19)13-9-11(23)8-12(24)10-13/h6-10,15H,5H2,1-4H3,(H,28,31). The van der Waals surface area contributed by atoms with Crippen LogP contribution in [0.2, 0.25) is 0 Å². The van der Waals surface area contributed by atoms with Crippen molar-refractivity contribution in [3.05, 3.63) is 69.8 Å². The molecule has 1 amide bonds. The van der Waals surface area contributed by atoms with Crippen molar-refractivity contribution in [2.24, 2.45) is 0 Å². The Hall–Kier alpha value is -3.43. The van der Waals surface area contributed by atoms with Crippen LogP contribution in [-0.2, 0) is 4.74 Å². The third-order valence-corrected chi connectivity index (χ3v) is 4.47. The molecule has 0 radical (unpaired) electrons. The van der Waals surface area contributed by atoms with Crippen LogP contribution in [0.3, 0.4) is 0 Å². The zero-order valence-electron chi connectivity index (χ0n) is 17.8. The summed E-state index contributed by atoms with van der Waals surface area (Å²) in [5.74, 6) is -4.84. The third-order valence-electron chi connectivity index (χ3n) is 4.47. The monoisotopic (exact) mass is 451 g/mol. The Bertz CT molecular complexity index is 1230. The summed E-state index contributed by atoms with van der Waals surface area (Å²) in [6, 6.07) is 3.25. The van der Waals surface area contributed by atoms with Crippen molar-refractivity contribution in [1.82, 2.24) is 14.9 Å². The summed E-state index contributed by atoms with van der Waals surface area (Å²) >= 11 is 0. The topological polar surface area (TPSA) is 73.2 Å². The molecule has 0 aliphatic heterocycles. The molecule has 1 aromatic heterocycles. The van der Waals surface area contributed by atoms with Gasteiger partial charge in [-0.1, -0.05) is 6.92 Å². The Morgan fingerprint density at radius 2 is 1.75 bits per heavy atom. The van der Waals surface area contributed by atoms with Crippen LogP contribution >= 0.6 is 0 Å². The van der Waals surface area contributed by atoms with Crippen molar-refractivity contribution in [1.29, 1.82) is 0 Å². The van der Waals surface area contributed by atoms with Crippen LogP contribution in [0.4, 0.5) is 22.4 Å². The summed E-state index contributed by atoms with van der Waals surface area (Å²) in [6.07, 6.45) is -0.625. The molecular formula is C22H21F4N3O3. The SMILES string of the molecule is CCC(NC(=O)OC(C)(C)C)c1nc2ccc(F)c(F)c2c(=O)n1-c1cc(F)cc(F)c1. The fourth-order valence-electron chi connectivity index (χ4n) is 3.18. The van der Waals surface area contributed by atoms with Crippen LogP contribution in [0.25, 0.3) is 16.6 Å². The van der Waals surface area contributed by atoms with Crippen molar-refractivity contribution >= 4 is 17.0 Å². The van der Waals surface area contributed by atoms with E-state index in [2.05, 4.69) is 10.3 Å². The van der Waals surface area contributed by atoms with Crippen LogP contribution in [0.5, 0.6) is 0 Å². The maximum Gasteiger partial charge on any atom is 0.408 e. The van der Waals surface area contributed by atoms with Crippen molar-refractivity contribution < 1.29 is 27.1 Å². The molecule has 10 heteroatoms. The number of benzene rings is 2. The van der Waals surface area contributed by atoms with E-state index in [1.807, 2.05) is 0 Å². The number of aromatic nitrogens is 2. The van der Waals surface area contributed by atoms with Gasteiger partial charge in [0.1, 0.15) is 28.4 Å². The molecule has 170 valence electrons. The van der Waals surface area contributed by atoms with Gasteiger partial charge >= 0.3 is 6.09 Å². The van der Waals surface area contributed by atoms with E-state index in [1.54, 1.807) is 27.7 Å². The lowest BCUT2D eigenvalue weighted by Crippen LogP contribution is -2.38. The third kappa shape index (κ3) is 4.74. The molecular weight excluding hydrogens is 430 g/mol. The molecule has 32 heavy (non-hydrogen) atoms. The Balaban J connectivity index is 2.29. The summed E-state index contributed by atoms with van der Waals surface area (Å²) in [5.41, 5.74) is -2.38. The fourth-order valence-corrected chi connectivity index (χ4v) is 3.18. The lowest BCUT2D eigenvalue weighted by molar-refractivity contribution is 0.0499. The van der Waals surface area contributed by atoms with Crippen molar-refractivity contribution in [3.8, 4) is 5.69 Å². The number of nitrogens with zero attached hydrogens (tertiary/aromatic N) is 2. The van der Waals surface area contributed by atoms with E-state index in [4.69, 9.17) is 4.74 Å². The van der Waals surface area contributed by atoms with Gasteiger partial charge in [0.2, 0.25) is 0 Å². The van der Waals surface area contributed by atoms with Gasteiger partial charge in [0.05, 0.1) is 17.2 Å².